The quantitative estimate of drug-likeness (QED) is 0.715. The van der Waals surface area contributed by atoms with Crippen LogP contribution in [0.1, 0.15) is 39.2 Å². The predicted molar refractivity (Wildman–Crippen MR) is 111 cm³/mol. The number of anilines is 1. The summed E-state index contributed by atoms with van der Waals surface area (Å²) in [6.45, 7) is 7.20. The lowest BCUT2D eigenvalue weighted by Crippen LogP contribution is -2.53. The molecule has 0 aromatic heterocycles. The second-order valence-electron chi connectivity index (χ2n) is 8.72. The minimum absolute atomic E-state index is 0.282. The van der Waals surface area contributed by atoms with E-state index in [4.69, 9.17) is 19.9 Å². The van der Waals surface area contributed by atoms with Crippen molar-refractivity contribution in [1.82, 2.24) is 4.90 Å². The molecule has 0 radical (unpaired) electrons. The molecule has 154 valence electrons. The van der Waals surface area contributed by atoms with Gasteiger partial charge in [0.25, 0.3) is 0 Å². The lowest BCUT2D eigenvalue weighted by atomic mass is 9.99. The maximum atomic E-state index is 12.3. The summed E-state index contributed by atoms with van der Waals surface area (Å²) < 4.78 is 17.9. The Bertz CT molecular complexity index is 911. The van der Waals surface area contributed by atoms with Gasteiger partial charge in [-0.1, -0.05) is 18.2 Å². The molecular formula is C23H28N2O4. The molecule has 1 amide bonds. The summed E-state index contributed by atoms with van der Waals surface area (Å²) in [7, 11) is 0. The molecule has 2 aromatic carbocycles. The lowest BCUT2D eigenvalue weighted by Gasteiger charge is -2.44. The molecule has 1 fully saturated rings. The zero-order chi connectivity index (χ0) is 20.6. The Hall–Kier alpha value is -2.73. The number of carbonyl (C=O) groups excluding carboxylic acids is 1. The summed E-state index contributed by atoms with van der Waals surface area (Å²) in [5, 5.41) is 0. The molecule has 6 nitrogen and oxygen atoms in total. The minimum atomic E-state index is -0.676. The van der Waals surface area contributed by atoms with Gasteiger partial charge in [-0.3, -0.25) is 0 Å². The minimum Gasteiger partial charge on any atom is -0.462 e. The Morgan fingerprint density at radius 1 is 1.10 bits per heavy atom. The fourth-order valence-electron chi connectivity index (χ4n) is 3.73. The van der Waals surface area contributed by atoms with Crippen LogP contribution in [0.4, 0.5) is 10.5 Å². The molecule has 4 rings (SSSR count). The molecule has 2 aromatic rings. The molecule has 2 aliphatic rings. The van der Waals surface area contributed by atoms with E-state index in [0.717, 1.165) is 28.1 Å². The second kappa shape index (κ2) is 7.26. The van der Waals surface area contributed by atoms with E-state index in [1.54, 1.807) is 4.90 Å². The first-order valence-corrected chi connectivity index (χ1v) is 10.0. The predicted octanol–water partition coefficient (Wildman–Crippen LogP) is 4.57. The average Bonchev–Trinajstić information content (AvgIpc) is 2.67. The van der Waals surface area contributed by atoms with Crippen LogP contribution in [0.25, 0.3) is 11.1 Å². The summed E-state index contributed by atoms with van der Waals surface area (Å²) in [5.41, 5.74) is 9.32. The Morgan fingerprint density at radius 2 is 1.83 bits per heavy atom. The van der Waals surface area contributed by atoms with Crippen LogP contribution in [0.3, 0.4) is 0 Å². The Kier molecular flexibility index (Phi) is 4.90. The van der Waals surface area contributed by atoms with Crippen molar-refractivity contribution in [3.8, 4) is 16.9 Å². The first-order chi connectivity index (χ1) is 13.7. The Balaban J connectivity index is 1.44. The van der Waals surface area contributed by atoms with Gasteiger partial charge in [-0.05, 0) is 56.2 Å². The van der Waals surface area contributed by atoms with Crippen LogP contribution in [0.15, 0.2) is 42.5 Å². The van der Waals surface area contributed by atoms with Crippen LogP contribution in [-0.2, 0) is 16.1 Å². The van der Waals surface area contributed by atoms with Gasteiger partial charge in [0.2, 0.25) is 5.79 Å². The third-order valence-corrected chi connectivity index (χ3v) is 5.24. The smallest absolute Gasteiger partial charge is 0.410 e. The maximum Gasteiger partial charge on any atom is 0.410 e. The number of hydrogen-bond donors (Lipinski definition) is 1. The average molecular weight is 396 g/mol. The maximum absolute atomic E-state index is 12.3. The number of nitrogen functional groups attached to an aromatic ring is 1. The number of carbonyl (C=O) groups is 1. The number of amides is 1. The molecule has 0 atom stereocenters. The zero-order valence-corrected chi connectivity index (χ0v) is 17.2. The molecule has 2 N–H and O–H groups in total. The molecule has 2 heterocycles. The molecule has 29 heavy (non-hydrogen) atoms. The molecule has 6 heteroatoms. The van der Waals surface area contributed by atoms with Crippen LogP contribution in [0.5, 0.6) is 5.75 Å². The monoisotopic (exact) mass is 396 g/mol. The third-order valence-electron chi connectivity index (χ3n) is 5.24. The SMILES string of the molecule is CC(C)(C)OC(=O)N1CCC2(CC1)OCc1cc(-c3cccc(N)c3)ccc1O2. The van der Waals surface area contributed by atoms with E-state index in [1.807, 2.05) is 57.2 Å². The van der Waals surface area contributed by atoms with Gasteiger partial charge in [-0.25, -0.2) is 4.79 Å². The summed E-state index contributed by atoms with van der Waals surface area (Å²) in [4.78, 5) is 14.0. The van der Waals surface area contributed by atoms with Gasteiger partial charge in [0, 0.05) is 37.2 Å². The highest BCUT2D eigenvalue weighted by molar-refractivity contribution is 5.69. The molecular weight excluding hydrogens is 368 g/mol. The van der Waals surface area contributed by atoms with Gasteiger partial charge in [-0.2, -0.15) is 0 Å². The van der Waals surface area contributed by atoms with E-state index in [9.17, 15) is 4.79 Å². The van der Waals surface area contributed by atoms with E-state index in [2.05, 4.69) is 6.07 Å². The summed E-state index contributed by atoms with van der Waals surface area (Å²) in [6, 6.07) is 14.0. The number of hydrogen-bond acceptors (Lipinski definition) is 5. The van der Waals surface area contributed by atoms with Crippen LogP contribution in [0, 0.1) is 0 Å². The number of piperidine rings is 1. The molecule has 0 aliphatic carbocycles. The zero-order valence-electron chi connectivity index (χ0n) is 17.2. The first-order valence-electron chi connectivity index (χ1n) is 10.0. The number of likely N-dealkylation sites (tertiary alicyclic amines) is 1. The van der Waals surface area contributed by atoms with Crippen molar-refractivity contribution in [2.45, 2.75) is 51.6 Å². The van der Waals surface area contributed by atoms with Gasteiger partial charge < -0.3 is 24.8 Å². The summed E-state index contributed by atoms with van der Waals surface area (Å²) in [5.74, 6) is 0.166. The molecule has 0 saturated carbocycles. The van der Waals surface area contributed by atoms with Gasteiger partial charge in [-0.15, -0.1) is 0 Å². The molecule has 0 bridgehead atoms. The van der Waals surface area contributed by atoms with Crippen molar-refractivity contribution in [2.75, 3.05) is 18.8 Å². The number of nitrogens with zero attached hydrogens (tertiary/aromatic N) is 1. The van der Waals surface area contributed by atoms with Gasteiger partial charge in [0.1, 0.15) is 11.4 Å². The summed E-state index contributed by atoms with van der Waals surface area (Å²) >= 11 is 0. The van der Waals surface area contributed by atoms with Crippen molar-refractivity contribution in [3.63, 3.8) is 0 Å². The lowest BCUT2D eigenvalue weighted by molar-refractivity contribution is -0.226. The number of rotatable bonds is 1. The Labute approximate surface area is 171 Å². The Morgan fingerprint density at radius 3 is 2.52 bits per heavy atom. The number of nitrogens with two attached hydrogens (primary N) is 1. The fraction of sp³-hybridized carbons (Fsp3) is 0.435. The first kappa shape index (κ1) is 19.6. The van der Waals surface area contributed by atoms with Crippen molar-refractivity contribution in [2.24, 2.45) is 0 Å². The van der Waals surface area contributed by atoms with Crippen molar-refractivity contribution >= 4 is 11.8 Å². The van der Waals surface area contributed by atoms with Gasteiger partial charge in [0.05, 0.1) is 6.61 Å². The number of ether oxygens (including phenoxy) is 3. The van der Waals surface area contributed by atoms with Crippen molar-refractivity contribution < 1.29 is 19.0 Å². The van der Waals surface area contributed by atoms with E-state index >= 15 is 0 Å². The highest BCUT2D eigenvalue weighted by Crippen LogP contribution is 2.39. The number of benzene rings is 2. The highest BCUT2D eigenvalue weighted by atomic mass is 16.7. The molecule has 0 unspecified atom stereocenters. The van der Waals surface area contributed by atoms with Crippen LogP contribution >= 0.6 is 0 Å². The normalized spacial score (nSPS) is 18.1. The van der Waals surface area contributed by atoms with Crippen LogP contribution in [-0.4, -0.2) is 35.5 Å². The summed E-state index contributed by atoms with van der Waals surface area (Å²) in [6.07, 6.45) is 0.945. The highest BCUT2D eigenvalue weighted by Gasteiger charge is 2.42. The fourth-order valence-corrected chi connectivity index (χ4v) is 3.73. The van der Waals surface area contributed by atoms with Crippen molar-refractivity contribution in [1.29, 1.82) is 0 Å². The largest absolute Gasteiger partial charge is 0.462 e. The molecule has 2 aliphatic heterocycles. The standard InChI is InChI=1S/C23H28N2O4/c1-22(2,3)29-21(26)25-11-9-23(10-12-25)27-15-18-13-17(7-8-20(18)28-23)16-5-4-6-19(24)14-16/h4-8,13-14H,9-12,15,24H2,1-3H3. The molecule has 1 saturated heterocycles. The van der Waals surface area contributed by atoms with Crippen molar-refractivity contribution in [3.05, 3.63) is 48.0 Å². The van der Waals surface area contributed by atoms with Gasteiger partial charge >= 0.3 is 6.09 Å². The topological polar surface area (TPSA) is 74.0 Å². The second-order valence-corrected chi connectivity index (χ2v) is 8.72. The third kappa shape index (κ3) is 4.32. The van der Waals surface area contributed by atoms with Crippen LogP contribution in [0.2, 0.25) is 0 Å². The van der Waals surface area contributed by atoms with E-state index in [1.165, 1.54) is 0 Å². The van der Waals surface area contributed by atoms with Crippen LogP contribution < -0.4 is 10.5 Å². The number of fused-ring (bicyclic) bond motifs is 1. The van der Waals surface area contributed by atoms with E-state index in [0.29, 0.717) is 32.5 Å². The van der Waals surface area contributed by atoms with E-state index < -0.39 is 11.4 Å². The van der Waals surface area contributed by atoms with Gasteiger partial charge in [0.15, 0.2) is 0 Å². The van der Waals surface area contributed by atoms with E-state index in [-0.39, 0.29) is 6.09 Å². The molecule has 1 spiro atoms.